The highest BCUT2D eigenvalue weighted by Gasteiger charge is 2.28. The molecular formula is C10H22N2OS. The molecule has 1 saturated heterocycles. The molecule has 2 atom stereocenters. The topological polar surface area (TPSA) is 15.7 Å². The van der Waals surface area contributed by atoms with E-state index in [1.807, 2.05) is 11.9 Å². The molecule has 3 nitrogen and oxygen atoms in total. The van der Waals surface area contributed by atoms with Gasteiger partial charge in [-0.2, -0.15) is 0 Å². The van der Waals surface area contributed by atoms with Gasteiger partial charge in [-0.25, -0.2) is 4.31 Å². The molecule has 0 saturated carbocycles. The van der Waals surface area contributed by atoms with E-state index in [0.29, 0.717) is 12.1 Å². The van der Waals surface area contributed by atoms with Crippen LogP contribution in [0, 0.1) is 0 Å². The first kappa shape index (κ1) is 12.3. The van der Waals surface area contributed by atoms with Crippen LogP contribution in [0.15, 0.2) is 0 Å². The number of nitrogens with zero attached hydrogens (tertiary/aromatic N) is 2. The van der Waals surface area contributed by atoms with Gasteiger partial charge in [0.15, 0.2) is 0 Å². The highest BCUT2D eigenvalue weighted by molar-refractivity contribution is 7.96. The van der Waals surface area contributed by atoms with Crippen molar-refractivity contribution in [3.8, 4) is 0 Å². The standard InChI is InChI=1S/C10H22N2OS/c1-9-7-11(14-4)8-10(2)12(9)5-6-13-3/h9-10H,5-8H2,1-4H3. The van der Waals surface area contributed by atoms with Gasteiger partial charge < -0.3 is 4.74 Å². The van der Waals surface area contributed by atoms with Gasteiger partial charge in [-0.1, -0.05) is 11.9 Å². The van der Waals surface area contributed by atoms with Crippen molar-refractivity contribution in [2.24, 2.45) is 0 Å². The van der Waals surface area contributed by atoms with Crippen LogP contribution >= 0.6 is 11.9 Å². The van der Waals surface area contributed by atoms with Gasteiger partial charge in [0.1, 0.15) is 0 Å². The molecule has 0 N–H and O–H groups in total. The second kappa shape index (κ2) is 5.95. The highest BCUT2D eigenvalue weighted by Crippen LogP contribution is 2.19. The summed E-state index contributed by atoms with van der Waals surface area (Å²) in [6.07, 6.45) is 2.16. The minimum atomic E-state index is 0.640. The lowest BCUT2D eigenvalue weighted by molar-refractivity contribution is 0.0528. The molecule has 0 aliphatic carbocycles. The first-order valence-electron chi connectivity index (χ1n) is 5.22. The predicted molar refractivity (Wildman–Crippen MR) is 62.6 cm³/mol. The van der Waals surface area contributed by atoms with Crippen molar-refractivity contribution in [1.29, 1.82) is 0 Å². The van der Waals surface area contributed by atoms with Crippen LogP contribution in [0.1, 0.15) is 13.8 Å². The SMILES string of the molecule is COCCN1C(C)CN(SC)CC1C. The van der Waals surface area contributed by atoms with Gasteiger partial charge in [0.05, 0.1) is 6.61 Å². The van der Waals surface area contributed by atoms with Crippen molar-refractivity contribution in [3.63, 3.8) is 0 Å². The molecule has 0 radical (unpaired) electrons. The van der Waals surface area contributed by atoms with Gasteiger partial charge >= 0.3 is 0 Å². The van der Waals surface area contributed by atoms with Crippen LogP contribution < -0.4 is 0 Å². The van der Waals surface area contributed by atoms with Crippen molar-refractivity contribution < 1.29 is 4.74 Å². The summed E-state index contributed by atoms with van der Waals surface area (Å²) in [5.41, 5.74) is 0. The summed E-state index contributed by atoms with van der Waals surface area (Å²) in [4.78, 5) is 2.54. The van der Waals surface area contributed by atoms with Crippen LogP contribution in [0.2, 0.25) is 0 Å². The van der Waals surface area contributed by atoms with Gasteiger partial charge in [-0.15, -0.1) is 0 Å². The summed E-state index contributed by atoms with van der Waals surface area (Å²) in [6, 6.07) is 1.28. The number of rotatable bonds is 4. The van der Waals surface area contributed by atoms with Crippen LogP contribution in [-0.4, -0.2) is 60.9 Å². The maximum atomic E-state index is 5.13. The zero-order chi connectivity index (χ0) is 10.6. The maximum absolute atomic E-state index is 5.13. The Balaban J connectivity index is 2.43. The Kier molecular flexibility index (Phi) is 5.23. The van der Waals surface area contributed by atoms with Gasteiger partial charge in [0, 0.05) is 38.8 Å². The van der Waals surface area contributed by atoms with Gasteiger partial charge in [0.25, 0.3) is 0 Å². The van der Waals surface area contributed by atoms with E-state index < -0.39 is 0 Å². The van der Waals surface area contributed by atoms with E-state index in [9.17, 15) is 0 Å². The summed E-state index contributed by atoms with van der Waals surface area (Å²) in [7, 11) is 1.77. The van der Waals surface area contributed by atoms with Gasteiger partial charge in [-0.05, 0) is 20.1 Å². The van der Waals surface area contributed by atoms with Crippen LogP contribution in [0.3, 0.4) is 0 Å². The fourth-order valence-corrected chi connectivity index (χ4v) is 2.82. The Labute approximate surface area is 91.9 Å². The minimum Gasteiger partial charge on any atom is -0.383 e. The molecule has 0 spiro atoms. The zero-order valence-corrected chi connectivity index (χ0v) is 10.5. The summed E-state index contributed by atoms with van der Waals surface area (Å²) in [5.74, 6) is 0. The van der Waals surface area contributed by atoms with E-state index in [1.165, 1.54) is 0 Å². The molecule has 0 bridgehead atoms. The van der Waals surface area contributed by atoms with E-state index in [1.54, 1.807) is 7.11 Å². The number of hydrogen-bond acceptors (Lipinski definition) is 4. The summed E-state index contributed by atoms with van der Waals surface area (Å²) < 4.78 is 7.58. The van der Waals surface area contributed by atoms with Crippen molar-refractivity contribution in [1.82, 2.24) is 9.21 Å². The van der Waals surface area contributed by atoms with Crippen LogP contribution in [0.5, 0.6) is 0 Å². The predicted octanol–water partition coefficient (Wildman–Crippen LogP) is 1.31. The van der Waals surface area contributed by atoms with Crippen molar-refractivity contribution >= 4 is 11.9 Å². The highest BCUT2D eigenvalue weighted by atomic mass is 32.2. The molecular weight excluding hydrogens is 196 g/mol. The van der Waals surface area contributed by atoms with Crippen LogP contribution in [0.25, 0.3) is 0 Å². The molecule has 1 aliphatic heterocycles. The fourth-order valence-electron chi connectivity index (χ4n) is 2.09. The summed E-state index contributed by atoms with van der Waals surface area (Å²) in [6.45, 7) is 8.82. The molecule has 0 aromatic carbocycles. The molecule has 1 heterocycles. The number of methoxy groups -OCH3 is 1. The lowest BCUT2D eigenvalue weighted by atomic mass is 10.1. The third-order valence-corrected chi connectivity index (χ3v) is 3.69. The zero-order valence-electron chi connectivity index (χ0n) is 9.69. The molecule has 84 valence electrons. The van der Waals surface area contributed by atoms with Gasteiger partial charge in [-0.3, -0.25) is 4.90 Å². The quantitative estimate of drug-likeness (QED) is 0.661. The molecule has 0 aromatic heterocycles. The Morgan fingerprint density at radius 2 is 1.86 bits per heavy atom. The molecule has 4 heteroatoms. The molecule has 0 aromatic rings. The third kappa shape index (κ3) is 3.12. The Morgan fingerprint density at radius 3 is 2.29 bits per heavy atom. The first-order valence-corrected chi connectivity index (χ1v) is 6.41. The number of piperazine rings is 1. The second-order valence-corrected chi connectivity index (χ2v) is 4.84. The van der Waals surface area contributed by atoms with E-state index in [2.05, 4.69) is 29.3 Å². The second-order valence-electron chi connectivity index (χ2n) is 3.96. The molecule has 1 rings (SSSR count). The maximum Gasteiger partial charge on any atom is 0.0589 e. The van der Waals surface area contributed by atoms with Crippen LogP contribution in [0.4, 0.5) is 0 Å². The van der Waals surface area contributed by atoms with Gasteiger partial charge in [0.2, 0.25) is 0 Å². The third-order valence-electron chi connectivity index (χ3n) is 2.88. The molecule has 1 aliphatic rings. The van der Waals surface area contributed by atoms with Crippen molar-refractivity contribution in [2.45, 2.75) is 25.9 Å². The van der Waals surface area contributed by atoms with Crippen molar-refractivity contribution in [3.05, 3.63) is 0 Å². The normalized spacial score (nSPS) is 30.9. The minimum absolute atomic E-state index is 0.640. The van der Waals surface area contributed by atoms with Crippen LogP contribution in [-0.2, 0) is 4.74 Å². The van der Waals surface area contributed by atoms with E-state index in [4.69, 9.17) is 4.74 Å². The smallest absolute Gasteiger partial charge is 0.0589 e. The number of hydrogen-bond donors (Lipinski definition) is 0. The van der Waals surface area contributed by atoms with Crippen molar-refractivity contribution in [2.75, 3.05) is 39.6 Å². The Morgan fingerprint density at radius 1 is 1.29 bits per heavy atom. The van der Waals surface area contributed by atoms with E-state index >= 15 is 0 Å². The average Bonchev–Trinajstić information content (AvgIpc) is 2.16. The monoisotopic (exact) mass is 218 g/mol. The molecule has 0 amide bonds. The van der Waals surface area contributed by atoms with E-state index in [-0.39, 0.29) is 0 Å². The molecule has 1 fully saturated rings. The molecule has 14 heavy (non-hydrogen) atoms. The first-order chi connectivity index (χ1) is 6.69. The summed E-state index contributed by atoms with van der Waals surface area (Å²) >= 11 is 1.85. The largest absolute Gasteiger partial charge is 0.383 e. The lowest BCUT2D eigenvalue weighted by Gasteiger charge is -2.43. The average molecular weight is 218 g/mol. The Bertz CT molecular complexity index is 156. The van der Waals surface area contributed by atoms with E-state index in [0.717, 1.165) is 26.2 Å². The Hall–Kier alpha value is 0.230. The lowest BCUT2D eigenvalue weighted by Crippen LogP contribution is -2.55. The molecule has 2 unspecified atom stereocenters. The summed E-state index contributed by atoms with van der Waals surface area (Å²) in [5, 5.41) is 0. The fraction of sp³-hybridized carbons (Fsp3) is 1.00. The number of ether oxygens (including phenoxy) is 1.